The molecule has 0 heterocycles. The highest BCUT2D eigenvalue weighted by atomic mass is 35.5. The Labute approximate surface area is 370 Å². The highest BCUT2D eigenvalue weighted by molar-refractivity contribution is 6.30. The van der Waals surface area contributed by atoms with E-state index in [-0.39, 0.29) is 2.85 Å². The van der Waals surface area contributed by atoms with Crippen molar-refractivity contribution in [3.8, 4) is 36.5 Å². The van der Waals surface area contributed by atoms with Gasteiger partial charge in [-0.05, 0) is 126 Å². The Hall–Kier alpha value is -4.90. The van der Waals surface area contributed by atoms with Crippen LogP contribution >= 0.6 is 23.2 Å². The number of hydrogen-bond donors (Lipinski definition) is 5. The van der Waals surface area contributed by atoms with Gasteiger partial charge in [-0.25, -0.2) is 19.2 Å². The maximum Gasteiger partial charge on any atom is 0.408 e. The molecule has 60 heavy (non-hydrogen) atoms. The second-order valence-corrected chi connectivity index (χ2v) is 16.4. The summed E-state index contributed by atoms with van der Waals surface area (Å²) >= 11 is 11.5. The number of carboxylic acid groups (broad SMARTS) is 1. The topological polar surface area (TPSA) is 173 Å². The highest BCUT2D eigenvalue weighted by Gasteiger charge is 2.27. The van der Waals surface area contributed by atoms with E-state index in [4.69, 9.17) is 55.7 Å². The Morgan fingerprint density at radius 3 is 1.30 bits per heavy atom. The number of aliphatic hydroxyl groups is 1. The summed E-state index contributed by atoms with van der Waals surface area (Å²) in [5.41, 5.74) is -0.354. The quantitative estimate of drug-likeness (QED) is 0.0977. The Bertz CT molecular complexity index is 1700. The van der Waals surface area contributed by atoms with Gasteiger partial charge in [-0.3, -0.25) is 0 Å². The van der Waals surface area contributed by atoms with E-state index < -0.39 is 47.4 Å². The van der Waals surface area contributed by atoms with E-state index in [1.54, 1.807) is 90.1 Å². The number of nitrogens with one attached hydrogen (secondary N) is 3. The number of hydrogen-bond acceptors (Lipinski definition) is 9. The summed E-state index contributed by atoms with van der Waals surface area (Å²) in [6.45, 7) is 10.3. The summed E-state index contributed by atoms with van der Waals surface area (Å²) < 4.78 is 14.8. The molecular weight excluding hydrogens is 809 g/mol. The van der Waals surface area contributed by atoms with Crippen LogP contribution in [0.3, 0.4) is 0 Å². The van der Waals surface area contributed by atoms with Crippen LogP contribution in [-0.4, -0.2) is 71.8 Å². The van der Waals surface area contributed by atoms with E-state index in [9.17, 15) is 19.2 Å². The molecule has 0 saturated heterocycles. The maximum atomic E-state index is 11.8. The average Bonchev–Trinajstić information content (AvgIpc) is 3.19. The molecule has 0 bridgehead atoms. The van der Waals surface area contributed by atoms with Crippen molar-refractivity contribution in [1.29, 1.82) is 0 Å². The number of aliphatic hydroxyl groups excluding tert-OH is 1. The third-order valence-electron chi connectivity index (χ3n) is 8.30. The van der Waals surface area contributed by atoms with Crippen molar-refractivity contribution in [2.45, 2.75) is 141 Å². The normalized spacial score (nSPS) is 14.6. The number of esters is 1. The molecule has 12 nitrogen and oxygen atoms in total. The molecule has 0 unspecified atom stereocenters. The zero-order valence-electron chi connectivity index (χ0n) is 36.2. The molecule has 0 aromatic heterocycles. The molecule has 0 spiro atoms. The number of carboxylic acids is 1. The fourth-order valence-corrected chi connectivity index (χ4v) is 6.04. The van der Waals surface area contributed by atoms with Crippen molar-refractivity contribution in [3.63, 3.8) is 0 Å². The average molecular weight is 877 g/mol. The van der Waals surface area contributed by atoms with Crippen LogP contribution in [0, 0.1) is 36.5 Å². The third kappa shape index (κ3) is 26.3. The monoisotopic (exact) mass is 875 g/mol. The number of aliphatic carboxylic acids is 1. The standard InChI is InChI=1S/C14H18ClNO4.C13H16ClNO4.C12H23N.C6H2.CH4O.2H2/c1-14(2,3)20-13(18)16-11(12(17)19-4)9-5-7-10(15)8-6-9;1-13(2,3)19-12(18)15-10(11(16)17)8-4-6-9(14)7-5-8;1-3-7-11(8-4-1)13-12-9-5-2-6-10-12;1-3-5-6-4-2;1-2;;/h5-8,11H,1-4H3,(H,16,18);4-7,10H,1-3H3,(H,15,18)(H,16,17);11-13H,1-10H2;1-2H;2H,1H3;2*1H/t11-;10-;;;;;/m11...../s1. The number of methoxy groups -OCH3 is 1. The molecule has 2 aromatic rings. The third-order valence-corrected chi connectivity index (χ3v) is 8.81. The van der Waals surface area contributed by atoms with Gasteiger partial charge in [-0.1, -0.05) is 86.0 Å². The minimum absolute atomic E-state index is 0. The predicted octanol–water partition coefficient (Wildman–Crippen LogP) is 9.67. The van der Waals surface area contributed by atoms with Crippen LogP contribution in [0.25, 0.3) is 0 Å². The molecule has 0 radical (unpaired) electrons. The number of terminal acetylenes is 2. The van der Waals surface area contributed by atoms with Crippen molar-refractivity contribution in [2.24, 2.45) is 0 Å². The minimum atomic E-state index is -1.17. The van der Waals surface area contributed by atoms with Crippen LogP contribution in [0.4, 0.5) is 9.59 Å². The summed E-state index contributed by atoms with van der Waals surface area (Å²) in [5, 5.41) is 25.8. The number of carbonyl (C=O) groups excluding carboxylic acids is 3. The first-order valence-electron chi connectivity index (χ1n) is 19.7. The maximum absolute atomic E-state index is 11.8. The second kappa shape index (κ2) is 30.2. The molecule has 2 aliphatic carbocycles. The van der Waals surface area contributed by atoms with Gasteiger partial charge in [0.1, 0.15) is 11.2 Å². The fourth-order valence-electron chi connectivity index (χ4n) is 5.79. The molecule has 14 heteroatoms. The molecule has 2 amide bonds. The van der Waals surface area contributed by atoms with Crippen molar-refractivity contribution in [1.82, 2.24) is 16.0 Å². The van der Waals surface area contributed by atoms with Gasteiger partial charge in [0.2, 0.25) is 0 Å². The van der Waals surface area contributed by atoms with Gasteiger partial charge in [-0.15, -0.1) is 12.8 Å². The van der Waals surface area contributed by atoms with Crippen LogP contribution in [0.5, 0.6) is 0 Å². The Morgan fingerprint density at radius 1 is 0.667 bits per heavy atom. The molecule has 0 aliphatic heterocycles. The molecule has 2 atom stereocenters. The molecule has 5 N–H and O–H groups in total. The summed E-state index contributed by atoms with van der Waals surface area (Å²) in [6.07, 6.45) is 22.5. The van der Waals surface area contributed by atoms with Gasteiger partial charge < -0.3 is 40.4 Å². The largest absolute Gasteiger partial charge is 0.479 e. The Balaban J connectivity index is -0.000000773. The zero-order valence-corrected chi connectivity index (χ0v) is 37.7. The Kier molecular flexibility index (Phi) is 27.7. The van der Waals surface area contributed by atoms with E-state index in [0.29, 0.717) is 21.2 Å². The number of benzene rings is 2. The van der Waals surface area contributed by atoms with E-state index in [1.807, 2.05) is 0 Å². The second-order valence-electron chi connectivity index (χ2n) is 15.5. The molecule has 2 saturated carbocycles. The number of ether oxygens (including phenoxy) is 3. The fraction of sp³-hybridized carbons (Fsp3) is 0.522. The summed E-state index contributed by atoms with van der Waals surface area (Å²) in [4.78, 5) is 46.3. The van der Waals surface area contributed by atoms with Crippen molar-refractivity contribution in [3.05, 3.63) is 69.7 Å². The van der Waals surface area contributed by atoms with E-state index in [0.717, 1.165) is 19.2 Å². The molecule has 334 valence electrons. The number of alkyl carbamates (subject to hydrolysis) is 2. The lowest BCUT2D eigenvalue weighted by Gasteiger charge is -2.30. The lowest BCUT2D eigenvalue weighted by atomic mass is 9.91. The van der Waals surface area contributed by atoms with E-state index in [1.165, 1.54) is 71.3 Å². The van der Waals surface area contributed by atoms with Crippen molar-refractivity contribution in [2.75, 3.05) is 14.2 Å². The van der Waals surface area contributed by atoms with Gasteiger partial charge in [0.05, 0.1) is 7.11 Å². The van der Waals surface area contributed by atoms with Gasteiger partial charge >= 0.3 is 24.1 Å². The van der Waals surface area contributed by atoms with Crippen LogP contribution < -0.4 is 16.0 Å². The van der Waals surface area contributed by atoms with Crippen LogP contribution in [-0.2, 0) is 23.8 Å². The highest BCUT2D eigenvalue weighted by Crippen LogP contribution is 2.23. The predicted molar refractivity (Wildman–Crippen MR) is 241 cm³/mol. The zero-order chi connectivity index (χ0) is 45.7. The molecule has 2 aromatic carbocycles. The van der Waals surface area contributed by atoms with Crippen LogP contribution in [0.1, 0.15) is 132 Å². The van der Waals surface area contributed by atoms with Gasteiger partial charge in [0.15, 0.2) is 12.1 Å². The van der Waals surface area contributed by atoms with Gasteiger partial charge in [0, 0.05) is 32.1 Å². The summed E-state index contributed by atoms with van der Waals surface area (Å²) in [6, 6.07) is 12.4. The minimum Gasteiger partial charge on any atom is -0.479 e. The molecule has 2 fully saturated rings. The van der Waals surface area contributed by atoms with E-state index >= 15 is 0 Å². The lowest BCUT2D eigenvalue weighted by Crippen LogP contribution is -2.40. The number of halogens is 2. The summed E-state index contributed by atoms with van der Waals surface area (Å²) in [7, 11) is 2.25. The first-order valence-corrected chi connectivity index (χ1v) is 20.5. The van der Waals surface area contributed by atoms with Gasteiger partial charge in [-0.2, -0.15) is 0 Å². The van der Waals surface area contributed by atoms with Crippen molar-refractivity contribution >= 4 is 47.3 Å². The number of amides is 2. The molecule has 2 aliphatic rings. The van der Waals surface area contributed by atoms with Crippen molar-refractivity contribution < 1.29 is 46.5 Å². The number of rotatable bonds is 8. The molecular formula is C46H67Cl2N3O9. The Morgan fingerprint density at radius 2 is 1.00 bits per heavy atom. The van der Waals surface area contributed by atoms with Gasteiger partial charge in [0.25, 0.3) is 0 Å². The van der Waals surface area contributed by atoms with Crippen LogP contribution in [0.2, 0.25) is 10.0 Å². The number of carbonyl (C=O) groups is 4. The van der Waals surface area contributed by atoms with E-state index in [2.05, 4.69) is 44.4 Å². The first kappa shape index (κ1) is 55.1. The molecule has 4 rings (SSSR count). The lowest BCUT2D eigenvalue weighted by molar-refractivity contribution is -0.143. The SMILES string of the molecule is C#CC#CC#C.C1CCC(NC2CCCCC2)CC1.CC(C)(C)OC(=O)N[C@@H](C(=O)O)c1ccc(Cl)cc1.CO.COC(=O)[C@H](NC(=O)OC(C)(C)C)c1ccc(Cl)cc1.[HH].[HH]. The summed E-state index contributed by atoms with van der Waals surface area (Å²) in [5.74, 6) is 6.85. The smallest absolute Gasteiger partial charge is 0.408 e. The first-order chi connectivity index (χ1) is 28.3. The van der Waals surface area contributed by atoms with Crippen LogP contribution in [0.15, 0.2) is 48.5 Å².